The molecule has 0 aliphatic carbocycles. The zero-order chi connectivity index (χ0) is 14.4. The molecule has 1 rings (SSSR count). The van der Waals surface area contributed by atoms with E-state index in [-0.39, 0.29) is 11.6 Å². The fourth-order valence-corrected chi connectivity index (χ4v) is 1.78. The second kappa shape index (κ2) is 6.92. The highest BCUT2D eigenvalue weighted by Crippen LogP contribution is 2.32. The van der Waals surface area contributed by atoms with E-state index in [0.29, 0.717) is 42.3 Å². The molecular weight excluding hydrogens is 244 g/mol. The van der Waals surface area contributed by atoms with Gasteiger partial charge in [-0.25, -0.2) is 0 Å². The molecule has 0 bridgehead atoms. The van der Waals surface area contributed by atoms with Crippen LogP contribution in [0.25, 0.3) is 0 Å². The van der Waals surface area contributed by atoms with Crippen molar-refractivity contribution in [3.8, 4) is 11.5 Å². The summed E-state index contributed by atoms with van der Waals surface area (Å²) in [5, 5.41) is 0. The lowest BCUT2D eigenvalue weighted by Gasteiger charge is -2.15. The van der Waals surface area contributed by atoms with Gasteiger partial charge in [-0.2, -0.15) is 0 Å². The summed E-state index contributed by atoms with van der Waals surface area (Å²) in [5.74, 6) is 0.704. The second-order valence-corrected chi connectivity index (χ2v) is 4.05. The molecule has 104 valence electrons. The third-order valence-electron chi connectivity index (χ3n) is 2.67. The monoisotopic (exact) mass is 264 g/mol. The maximum absolute atomic E-state index is 12.0. The molecule has 0 heterocycles. The number of ketones is 2. The minimum atomic E-state index is -0.0857. The Hall–Kier alpha value is -1.84. The average Bonchev–Trinajstić information content (AvgIpc) is 2.38. The fraction of sp³-hybridized carbons (Fsp3) is 0.467. The normalized spacial score (nSPS) is 10.1. The summed E-state index contributed by atoms with van der Waals surface area (Å²) in [6, 6.07) is 3.22. The van der Waals surface area contributed by atoms with Crippen LogP contribution in [0.3, 0.4) is 0 Å². The van der Waals surface area contributed by atoms with Gasteiger partial charge in [-0.15, -0.1) is 0 Å². The van der Waals surface area contributed by atoms with Crippen LogP contribution in [-0.4, -0.2) is 24.8 Å². The number of benzene rings is 1. The minimum Gasteiger partial charge on any atom is -0.493 e. The van der Waals surface area contributed by atoms with Crippen molar-refractivity contribution in [2.24, 2.45) is 0 Å². The van der Waals surface area contributed by atoms with E-state index in [1.807, 2.05) is 13.8 Å². The van der Waals surface area contributed by atoms with Crippen LogP contribution in [0.2, 0.25) is 0 Å². The molecule has 0 N–H and O–H groups in total. The number of hydrogen-bond donors (Lipinski definition) is 0. The van der Waals surface area contributed by atoms with E-state index in [1.54, 1.807) is 19.1 Å². The topological polar surface area (TPSA) is 52.6 Å². The highest BCUT2D eigenvalue weighted by atomic mass is 16.5. The summed E-state index contributed by atoms with van der Waals surface area (Å²) in [5.41, 5.74) is 0.913. The van der Waals surface area contributed by atoms with Crippen molar-refractivity contribution in [1.82, 2.24) is 0 Å². The van der Waals surface area contributed by atoms with Gasteiger partial charge in [0, 0.05) is 12.0 Å². The van der Waals surface area contributed by atoms with Gasteiger partial charge in [-0.1, -0.05) is 6.92 Å². The fourth-order valence-electron chi connectivity index (χ4n) is 1.78. The third-order valence-corrected chi connectivity index (χ3v) is 2.67. The molecule has 0 aromatic heterocycles. The molecule has 0 atom stereocenters. The maximum atomic E-state index is 12.0. The standard InChI is InChI=1S/C15H20O4/c1-5-12(17)15-13(18-6-2)8-11(10(4)16)9-14(15)19-7-3/h8-9H,5-7H2,1-4H3. The van der Waals surface area contributed by atoms with Crippen molar-refractivity contribution < 1.29 is 19.1 Å². The van der Waals surface area contributed by atoms with Gasteiger partial charge in [0.25, 0.3) is 0 Å². The summed E-state index contributed by atoms with van der Waals surface area (Å²) < 4.78 is 11.0. The van der Waals surface area contributed by atoms with E-state index in [9.17, 15) is 9.59 Å². The molecule has 0 amide bonds. The highest BCUT2D eigenvalue weighted by Gasteiger charge is 2.20. The van der Waals surface area contributed by atoms with E-state index in [2.05, 4.69) is 0 Å². The first kappa shape index (κ1) is 15.2. The molecule has 0 aliphatic rings. The molecule has 19 heavy (non-hydrogen) atoms. The lowest BCUT2D eigenvalue weighted by Crippen LogP contribution is -2.09. The van der Waals surface area contributed by atoms with Gasteiger partial charge in [-0.3, -0.25) is 9.59 Å². The SMILES string of the molecule is CCOc1cc(C(C)=O)cc(OCC)c1C(=O)CC. The molecule has 0 fully saturated rings. The Morgan fingerprint density at radius 1 is 1.00 bits per heavy atom. The molecule has 4 heteroatoms. The van der Waals surface area contributed by atoms with Crippen molar-refractivity contribution >= 4 is 11.6 Å². The van der Waals surface area contributed by atoms with Gasteiger partial charge < -0.3 is 9.47 Å². The minimum absolute atomic E-state index is 0.0537. The zero-order valence-electron chi connectivity index (χ0n) is 11.9. The number of carbonyl (C=O) groups is 2. The largest absolute Gasteiger partial charge is 0.493 e. The molecule has 0 spiro atoms. The van der Waals surface area contributed by atoms with E-state index >= 15 is 0 Å². The maximum Gasteiger partial charge on any atom is 0.170 e. The van der Waals surface area contributed by atoms with Crippen LogP contribution in [0.4, 0.5) is 0 Å². The third kappa shape index (κ3) is 3.56. The van der Waals surface area contributed by atoms with E-state index < -0.39 is 0 Å². The molecule has 0 radical (unpaired) electrons. The zero-order valence-corrected chi connectivity index (χ0v) is 11.9. The Kier molecular flexibility index (Phi) is 5.55. The van der Waals surface area contributed by atoms with Crippen molar-refractivity contribution in [2.75, 3.05) is 13.2 Å². The van der Waals surface area contributed by atoms with Crippen molar-refractivity contribution in [3.05, 3.63) is 23.3 Å². The number of hydrogen-bond acceptors (Lipinski definition) is 4. The number of Topliss-reactive ketones (excluding diaryl/α,β-unsaturated/α-hetero) is 2. The van der Waals surface area contributed by atoms with Crippen LogP contribution < -0.4 is 9.47 Å². The van der Waals surface area contributed by atoms with Crippen molar-refractivity contribution in [1.29, 1.82) is 0 Å². The van der Waals surface area contributed by atoms with Crippen LogP contribution in [0, 0.1) is 0 Å². The van der Waals surface area contributed by atoms with Gasteiger partial charge in [0.1, 0.15) is 17.1 Å². The summed E-state index contributed by atoms with van der Waals surface area (Å²) in [4.78, 5) is 23.6. The van der Waals surface area contributed by atoms with Gasteiger partial charge >= 0.3 is 0 Å². The lowest BCUT2D eigenvalue weighted by atomic mass is 10.0. The summed E-state index contributed by atoms with van der Waals surface area (Å²) >= 11 is 0. The van der Waals surface area contributed by atoms with Gasteiger partial charge in [-0.05, 0) is 32.9 Å². The molecule has 0 saturated heterocycles. The molecule has 4 nitrogen and oxygen atoms in total. The van der Waals surface area contributed by atoms with Crippen molar-refractivity contribution in [2.45, 2.75) is 34.1 Å². The van der Waals surface area contributed by atoms with Crippen LogP contribution in [0.1, 0.15) is 54.8 Å². The molecule has 1 aromatic rings. The molecule has 0 unspecified atom stereocenters. The van der Waals surface area contributed by atoms with E-state index in [0.717, 1.165) is 0 Å². The Bertz CT molecular complexity index is 450. The Labute approximate surface area is 113 Å². The van der Waals surface area contributed by atoms with Gasteiger partial charge in [0.05, 0.1) is 13.2 Å². The van der Waals surface area contributed by atoms with E-state index in [1.165, 1.54) is 6.92 Å². The average molecular weight is 264 g/mol. The second-order valence-electron chi connectivity index (χ2n) is 4.05. The smallest absolute Gasteiger partial charge is 0.170 e. The van der Waals surface area contributed by atoms with Gasteiger partial charge in [0.15, 0.2) is 11.6 Å². The predicted molar refractivity (Wildman–Crippen MR) is 73.4 cm³/mol. The van der Waals surface area contributed by atoms with Crippen molar-refractivity contribution in [3.63, 3.8) is 0 Å². The Morgan fingerprint density at radius 2 is 1.47 bits per heavy atom. The first-order chi connectivity index (χ1) is 9.04. The molecule has 0 saturated carbocycles. The van der Waals surface area contributed by atoms with E-state index in [4.69, 9.17) is 9.47 Å². The van der Waals surface area contributed by atoms with Crippen LogP contribution in [-0.2, 0) is 0 Å². The summed E-state index contributed by atoms with van der Waals surface area (Å²) in [6.45, 7) is 7.78. The first-order valence-corrected chi connectivity index (χ1v) is 6.52. The molecule has 0 aliphatic heterocycles. The number of ether oxygens (including phenoxy) is 2. The number of rotatable bonds is 7. The summed E-state index contributed by atoms with van der Waals surface area (Å²) in [6.07, 6.45) is 0.361. The Morgan fingerprint density at radius 3 is 1.79 bits per heavy atom. The van der Waals surface area contributed by atoms with Crippen LogP contribution in [0.5, 0.6) is 11.5 Å². The summed E-state index contributed by atoms with van der Waals surface area (Å²) in [7, 11) is 0. The first-order valence-electron chi connectivity index (χ1n) is 6.52. The van der Waals surface area contributed by atoms with Gasteiger partial charge in [0.2, 0.25) is 0 Å². The molecular formula is C15H20O4. The van der Waals surface area contributed by atoms with Crippen LogP contribution in [0.15, 0.2) is 12.1 Å². The number of carbonyl (C=O) groups excluding carboxylic acids is 2. The predicted octanol–water partition coefficient (Wildman–Crippen LogP) is 3.28. The lowest BCUT2D eigenvalue weighted by molar-refractivity contribution is 0.0975. The Balaban J connectivity index is 3.45. The quantitative estimate of drug-likeness (QED) is 0.709. The highest BCUT2D eigenvalue weighted by molar-refractivity contribution is 6.03. The molecule has 1 aromatic carbocycles. The van der Waals surface area contributed by atoms with Crippen LogP contribution >= 0.6 is 0 Å².